The summed E-state index contributed by atoms with van der Waals surface area (Å²) < 4.78 is 25.8. The molecule has 0 unspecified atom stereocenters. The van der Waals surface area contributed by atoms with Crippen LogP contribution in [0.2, 0.25) is 0 Å². The Balaban J connectivity index is 2.02. The number of anilines is 1. The molecule has 1 heterocycles. The predicted octanol–water partition coefficient (Wildman–Crippen LogP) is 2.88. The fraction of sp³-hybridized carbons (Fsp3) is 0.500. The Morgan fingerprint density at radius 3 is 2.59 bits per heavy atom. The van der Waals surface area contributed by atoms with E-state index in [1.54, 1.807) is 0 Å². The first-order chi connectivity index (χ1) is 8.16. The molecule has 1 saturated carbocycles. The lowest BCUT2D eigenvalue weighted by molar-refractivity contribution is -0.120. The van der Waals surface area contributed by atoms with Crippen LogP contribution in [-0.2, 0) is 4.79 Å². The van der Waals surface area contributed by atoms with Gasteiger partial charge in [-0.25, -0.2) is 0 Å². The summed E-state index contributed by atoms with van der Waals surface area (Å²) in [5.74, 6) is -2.13. The summed E-state index contributed by atoms with van der Waals surface area (Å²) in [7, 11) is 0. The highest BCUT2D eigenvalue weighted by atomic mass is 19.1. The van der Waals surface area contributed by atoms with Gasteiger partial charge in [0.25, 0.3) is 0 Å². The Bertz CT molecular complexity index is 417. The molecule has 17 heavy (non-hydrogen) atoms. The number of carbonyl (C=O) groups excluding carboxylic acids is 1. The van der Waals surface area contributed by atoms with Gasteiger partial charge in [-0.1, -0.05) is 19.3 Å². The normalized spacial score (nSPS) is 16.8. The standard InChI is InChI=1S/C12H14F2N2O/c13-10-7-6-9(11(14)16-10)15-12(17)8-4-2-1-3-5-8/h6-8H,1-5H2,(H,15,17). The van der Waals surface area contributed by atoms with Gasteiger partial charge in [-0.2, -0.15) is 13.8 Å². The van der Waals surface area contributed by atoms with Crippen molar-refractivity contribution in [3.05, 3.63) is 24.0 Å². The summed E-state index contributed by atoms with van der Waals surface area (Å²) in [6, 6.07) is 2.22. The number of aromatic nitrogens is 1. The van der Waals surface area contributed by atoms with Crippen molar-refractivity contribution in [2.24, 2.45) is 5.92 Å². The molecule has 0 aromatic carbocycles. The molecule has 5 heteroatoms. The van der Waals surface area contributed by atoms with Crippen LogP contribution in [0.4, 0.5) is 14.5 Å². The van der Waals surface area contributed by atoms with E-state index in [0.29, 0.717) is 0 Å². The highest BCUT2D eigenvalue weighted by Crippen LogP contribution is 2.25. The van der Waals surface area contributed by atoms with Gasteiger partial charge < -0.3 is 5.32 Å². The van der Waals surface area contributed by atoms with Crippen molar-refractivity contribution >= 4 is 11.6 Å². The SMILES string of the molecule is O=C(Nc1ccc(F)nc1F)C1CCCCC1. The van der Waals surface area contributed by atoms with Gasteiger partial charge in [0.15, 0.2) is 0 Å². The highest BCUT2D eigenvalue weighted by molar-refractivity contribution is 5.92. The molecule has 0 bridgehead atoms. The van der Waals surface area contributed by atoms with Crippen LogP contribution in [0, 0.1) is 17.8 Å². The summed E-state index contributed by atoms with van der Waals surface area (Å²) in [4.78, 5) is 14.8. The number of hydrogen-bond donors (Lipinski definition) is 1. The molecule has 2 rings (SSSR count). The van der Waals surface area contributed by atoms with Crippen LogP contribution in [0.3, 0.4) is 0 Å². The Kier molecular flexibility index (Phi) is 3.66. The van der Waals surface area contributed by atoms with Crippen molar-refractivity contribution < 1.29 is 13.6 Å². The number of pyridine rings is 1. The van der Waals surface area contributed by atoms with E-state index in [4.69, 9.17) is 0 Å². The van der Waals surface area contributed by atoms with Crippen LogP contribution >= 0.6 is 0 Å². The van der Waals surface area contributed by atoms with E-state index in [9.17, 15) is 13.6 Å². The molecular weight excluding hydrogens is 226 g/mol. The Morgan fingerprint density at radius 2 is 1.94 bits per heavy atom. The van der Waals surface area contributed by atoms with Crippen LogP contribution in [0.25, 0.3) is 0 Å². The second-order valence-electron chi connectivity index (χ2n) is 4.30. The van der Waals surface area contributed by atoms with Crippen molar-refractivity contribution in [3.63, 3.8) is 0 Å². The zero-order chi connectivity index (χ0) is 12.3. The van der Waals surface area contributed by atoms with E-state index in [2.05, 4.69) is 10.3 Å². The monoisotopic (exact) mass is 240 g/mol. The summed E-state index contributed by atoms with van der Waals surface area (Å²) in [5, 5.41) is 2.46. The van der Waals surface area contributed by atoms with Gasteiger partial charge in [0.1, 0.15) is 0 Å². The fourth-order valence-electron chi connectivity index (χ4n) is 2.10. The molecule has 1 aromatic heterocycles. The van der Waals surface area contributed by atoms with E-state index >= 15 is 0 Å². The molecule has 0 atom stereocenters. The van der Waals surface area contributed by atoms with Crippen LogP contribution in [0.1, 0.15) is 32.1 Å². The average Bonchev–Trinajstić information content (AvgIpc) is 2.34. The van der Waals surface area contributed by atoms with Crippen LogP contribution in [-0.4, -0.2) is 10.9 Å². The summed E-state index contributed by atoms with van der Waals surface area (Å²) in [6.07, 6.45) is 4.88. The molecule has 0 spiro atoms. The van der Waals surface area contributed by atoms with E-state index in [1.807, 2.05) is 0 Å². The minimum Gasteiger partial charge on any atom is -0.322 e. The number of carbonyl (C=O) groups is 1. The molecule has 0 radical (unpaired) electrons. The van der Waals surface area contributed by atoms with E-state index in [1.165, 1.54) is 6.07 Å². The number of hydrogen-bond acceptors (Lipinski definition) is 2. The van der Waals surface area contributed by atoms with Crippen molar-refractivity contribution in [2.45, 2.75) is 32.1 Å². The largest absolute Gasteiger partial charge is 0.322 e. The smallest absolute Gasteiger partial charge is 0.239 e. The topological polar surface area (TPSA) is 42.0 Å². The van der Waals surface area contributed by atoms with E-state index in [0.717, 1.165) is 38.2 Å². The van der Waals surface area contributed by atoms with Crippen LogP contribution < -0.4 is 5.32 Å². The second kappa shape index (κ2) is 5.21. The van der Waals surface area contributed by atoms with Crippen molar-refractivity contribution in [2.75, 3.05) is 5.32 Å². The van der Waals surface area contributed by atoms with Crippen LogP contribution in [0.5, 0.6) is 0 Å². The minimum atomic E-state index is -0.978. The lowest BCUT2D eigenvalue weighted by Gasteiger charge is -2.20. The maximum atomic E-state index is 13.2. The number of halogens is 2. The molecule has 1 amide bonds. The third-order valence-corrected chi connectivity index (χ3v) is 3.05. The summed E-state index contributed by atoms with van der Waals surface area (Å²) in [5.41, 5.74) is -0.0537. The first-order valence-electron chi connectivity index (χ1n) is 5.80. The third kappa shape index (κ3) is 2.99. The van der Waals surface area contributed by atoms with Crippen molar-refractivity contribution in [1.82, 2.24) is 4.98 Å². The van der Waals surface area contributed by atoms with Gasteiger partial charge >= 0.3 is 0 Å². The zero-order valence-electron chi connectivity index (χ0n) is 9.38. The molecule has 1 aromatic rings. The maximum absolute atomic E-state index is 13.2. The van der Waals surface area contributed by atoms with Crippen molar-refractivity contribution in [3.8, 4) is 0 Å². The Labute approximate surface area is 98.2 Å². The lowest BCUT2D eigenvalue weighted by Crippen LogP contribution is -2.25. The number of nitrogens with zero attached hydrogens (tertiary/aromatic N) is 1. The Morgan fingerprint density at radius 1 is 1.24 bits per heavy atom. The number of nitrogens with one attached hydrogen (secondary N) is 1. The van der Waals surface area contributed by atoms with Gasteiger partial charge in [0.05, 0.1) is 5.69 Å². The number of rotatable bonds is 2. The summed E-state index contributed by atoms with van der Waals surface area (Å²) >= 11 is 0. The molecule has 1 aliphatic rings. The molecule has 1 N–H and O–H groups in total. The van der Waals surface area contributed by atoms with Gasteiger partial charge in [-0.3, -0.25) is 4.79 Å². The highest BCUT2D eigenvalue weighted by Gasteiger charge is 2.22. The molecule has 3 nitrogen and oxygen atoms in total. The fourth-order valence-corrected chi connectivity index (χ4v) is 2.10. The van der Waals surface area contributed by atoms with Crippen molar-refractivity contribution in [1.29, 1.82) is 0 Å². The first kappa shape index (κ1) is 12.0. The minimum absolute atomic E-state index is 0.0537. The lowest BCUT2D eigenvalue weighted by atomic mass is 9.88. The first-order valence-corrected chi connectivity index (χ1v) is 5.80. The molecule has 1 aliphatic carbocycles. The van der Waals surface area contributed by atoms with Gasteiger partial charge in [-0.15, -0.1) is 0 Å². The van der Waals surface area contributed by atoms with Gasteiger partial charge in [0.2, 0.25) is 17.8 Å². The Hall–Kier alpha value is -1.52. The van der Waals surface area contributed by atoms with E-state index < -0.39 is 11.9 Å². The van der Waals surface area contributed by atoms with E-state index in [-0.39, 0.29) is 17.5 Å². The average molecular weight is 240 g/mol. The number of amides is 1. The summed E-state index contributed by atoms with van der Waals surface area (Å²) in [6.45, 7) is 0. The van der Waals surface area contributed by atoms with Crippen LogP contribution in [0.15, 0.2) is 12.1 Å². The molecule has 0 aliphatic heterocycles. The zero-order valence-corrected chi connectivity index (χ0v) is 9.38. The maximum Gasteiger partial charge on any atom is 0.239 e. The second-order valence-corrected chi connectivity index (χ2v) is 4.30. The molecule has 92 valence electrons. The molecule has 1 fully saturated rings. The van der Waals surface area contributed by atoms with Gasteiger partial charge in [0, 0.05) is 5.92 Å². The quantitative estimate of drug-likeness (QED) is 0.807. The third-order valence-electron chi connectivity index (χ3n) is 3.05. The molecule has 0 saturated heterocycles. The molecular formula is C12H14F2N2O. The van der Waals surface area contributed by atoms with Gasteiger partial charge in [-0.05, 0) is 25.0 Å². The predicted molar refractivity (Wildman–Crippen MR) is 59.4 cm³/mol.